The number of benzene rings is 2. The summed E-state index contributed by atoms with van der Waals surface area (Å²) in [5, 5.41) is 14.8. The van der Waals surface area contributed by atoms with Crippen LogP contribution in [0.4, 0.5) is 0 Å². The molecule has 1 heterocycles. The van der Waals surface area contributed by atoms with Gasteiger partial charge in [0.2, 0.25) is 0 Å². The zero-order chi connectivity index (χ0) is 16.8. The molecule has 1 unspecified atom stereocenters. The largest absolute Gasteiger partial charge is 0.251 e. The van der Waals surface area contributed by atoms with Crippen molar-refractivity contribution in [3.63, 3.8) is 0 Å². The molecule has 3 rings (SSSR count). The lowest BCUT2D eigenvalue weighted by atomic mass is 9.81. The van der Waals surface area contributed by atoms with Gasteiger partial charge in [0.05, 0.1) is 12.6 Å². The van der Waals surface area contributed by atoms with Crippen molar-refractivity contribution in [2.75, 3.05) is 0 Å². The summed E-state index contributed by atoms with van der Waals surface area (Å²) < 4.78 is 1.67. The van der Waals surface area contributed by atoms with E-state index >= 15 is 0 Å². The summed E-state index contributed by atoms with van der Waals surface area (Å²) in [5.74, 6) is 0. The molecule has 3 aromatic rings. The summed E-state index contributed by atoms with van der Waals surface area (Å²) in [6.45, 7) is 0.387. The number of allylic oxidation sites excluding steroid dienone is 1. The van der Waals surface area contributed by atoms with Crippen LogP contribution >= 0.6 is 11.6 Å². The van der Waals surface area contributed by atoms with Crippen LogP contribution in [0.5, 0.6) is 0 Å². The molecule has 0 N–H and O–H groups in total. The fourth-order valence-electron chi connectivity index (χ4n) is 2.50. The number of aromatic nitrogens is 3. The van der Waals surface area contributed by atoms with E-state index < -0.39 is 5.41 Å². The van der Waals surface area contributed by atoms with Crippen LogP contribution in [-0.4, -0.2) is 14.8 Å². The molecule has 24 heavy (non-hydrogen) atoms. The molecule has 0 radical (unpaired) electrons. The van der Waals surface area contributed by atoms with Gasteiger partial charge in [0.15, 0.2) is 0 Å². The summed E-state index contributed by atoms with van der Waals surface area (Å²) >= 11 is 5.92. The Labute approximate surface area is 145 Å². The van der Waals surface area contributed by atoms with Gasteiger partial charge in [-0.2, -0.15) is 10.4 Å². The van der Waals surface area contributed by atoms with Crippen molar-refractivity contribution in [3.8, 4) is 6.07 Å². The second-order valence-corrected chi connectivity index (χ2v) is 5.86. The summed E-state index contributed by atoms with van der Waals surface area (Å²) in [4.78, 5) is 3.97. The van der Waals surface area contributed by atoms with Gasteiger partial charge in [0.25, 0.3) is 0 Å². The van der Waals surface area contributed by atoms with E-state index in [-0.39, 0.29) is 0 Å². The van der Waals surface area contributed by atoms with Crippen LogP contribution in [0.25, 0.3) is 6.08 Å². The van der Waals surface area contributed by atoms with Crippen molar-refractivity contribution in [2.24, 2.45) is 0 Å². The first-order valence-corrected chi connectivity index (χ1v) is 7.84. The summed E-state index contributed by atoms with van der Waals surface area (Å²) in [6.07, 6.45) is 6.93. The predicted molar refractivity (Wildman–Crippen MR) is 94.2 cm³/mol. The fraction of sp³-hybridized carbons (Fsp3) is 0.105. The number of nitrogens with zero attached hydrogens (tertiary/aromatic N) is 4. The number of nitriles is 1. The van der Waals surface area contributed by atoms with Gasteiger partial charge >= 0.3 is 0 Å². The molecule has 0 bridgehead atoms. The Hall–Kier alpha value is -2.90. The summed E-state index contributed by atoms with van der Waals surface area (Å²) in [5.41, 5.74) is 1.05. The van der Waals surface area contributed by atoms with Crippen molar-refractivity contribution in [1.29, 1.82) is 5.26 Å². The van der Waals surface area contributed by atoms with Crippen molar-refractivity contribution in [2.45, 2.75) is 12.0 Å². The van der Waals surface area contributed by atoms with Crippen LogP contribution < -0.4 is 0 Å². The average molecular weight is 335 g/mol. The van der Waals surface area contributed by atoms with E-state index in [1.165, 1.54) is 6.33 Å². The molecule has 0 saturated carbocycles. The van der Waals surface area contributed by atoms with Gasteiger partial charge in [-0.05, 0) is 23.3 Å². The zero-order valence-electron chi connectivity index (χ0n) is 12.9. The Morgan fingerprint density at radius 1 is 1.12 bits per heavy atom. The standard InChI is InChI=1S/C19H15ClN4/c20-18-8-6-16(7-9-18)10-11-19(12-21,13-24-15-22-14-23-24)17-4-2-1-3-5-17/h1-11,14-15H,13H2. The Morgan fingerprint density at radius 2 is 1.88 bits per heavy atom. The topological polar surface area (TPSA) is 54.5 Å². The SMILES string of the molecule is N#CC(C=Cc1ccc(Cl)cc1)(Cn1cncn1)c1ccccc1. The quantitative estimate of drug-likeness (QED) is 0.705. The molecule has 4 nitrogen and oxygen atoms in total. The van der Waals surface area contributed by atoms with Crippen LogP contribution in [0.15, 0.2) is 73.3 Å². The number of halogens is 1. The highest BCUT2D eigenvalue weighted by atomic mass is 35.5. The molecule has 0 aliphatic heterocycles. The third kappa shape index (κ3) is 3.53. The lowest BCUT2D eigenvalue weighted by molar-refractivity contribution is 0.501. The predicted octanol–water partition coefficient (Wildman–Crippen LogP) is 4.11. The van der Waals surface area contributed by atoms with E-state index in [0.717, 1.165) is 11.1 Å². The maximum Gasteiger partial charge on any atom is 0.137 e. The van der Waals surface area contributed by atoms with Crippen LogP contribution in [-0.2, 0) is 12.0 Å². The van der Waals surface area contributed by atoms with Gasteiger partial charge in [-0.25, -0.2) is 4.98 Å². The maximum atomic E-state index is 9.97. The van der Waals surface area contributed by atoms with Crippen molar-refractivity contribution >= 4 is 17.7 Å². The Morgan fingerprint density at radius 3 is 2.50 bits per heavy atom. The van der Waals surface area contributed by atoms with Gasteiger partial charge in [-0.15, -0.1) is 0 Å². The normalized spacial score (nSPS) is 13.5. The molecule has 1 aromatic heterocycles. The molecule has 0 fully saturated rings. The van der Waals surface area contributed by atoms with Crippen LogP contribution in [0.2, 0.25) is 5.02 Å². The second kappa shape index (κ2) is 7.12. The maximum absolute atomic E-state index is 9.97. The van der Waals surface area contributed by atoms with Crippen LogP contribution in [0, 0.1) is 11.3 Å². The summed E-state index contributed by atoms with van der Waals surface area (Å²) in [7, 11) is 0. The molecule has 5 heteroatoms. The highest BCUT2D eigenvalue weighted by Gasteiger charge is 2.30. The minimum absolute atomic E-state index is 0.387. The van der Waals surface area contributed by atoms with Gasteiger partial charge in [-0.1, -0.05) is 66.2 Å². The first kappa shape index (κ1) is 16.0. The molecule has 0 amide bonds. The number of rotatable bonds is 5. The molecule has 0 aliphatic carbocycles. The first-order chi connectivity index (χ1) is 11.7. The second-order valence-electron chi connectivity index (χ2n) is 5.43. The van der Waals surface area contributed by atoms with E-state index in [1.54, 1.807) is 11.0 Å². The third-order valence-corrected chi connectivity index (χ3v) is 4.05. The summed E-state index contributed by atoms with van der Waals surface area (Å²) in [6, 6.07) is 19.6. The van der Waals surface area contributed by atoms with E-state index in [9.17, 15) is 5.26 Å². The van der Waals surface area contributed by atoms with Crippen molar-refractivity contribution in [3.05, 3.63) is 89.5 Å². The highest BCUT2D eigenvalue weighted by Crippen LogP contribution is 2.28. The molecular weight excluding hydrogens is 320 g/mol. The van der Waals surface area contributed by atoms with Gasteiger partial charge in [-0.3, -0.25) is 4.68 Å². The van der Waals surface area contributed by atoms with Crippen molar-refractivity contribution in [1.82, 2.24) is 14.8 Å². The minimum atomic E-state index is -0.839. The minimum Gasteiger partial charge on any atom is -0.251 e. The van der Waals surface area contributed by atoms with Gasteiger partial charge < -0.3 is 0 Å². The van der Waals surface area contributed by atoms with E-state index in [2.05, 4.69) is 16.2 Å². The number of hydrogen-bond acceptors (Lipinski definition) is 3. The molecule has 118 valence electrons. The molecule has 0 spiro atoms. The Kier molecular flexibility index (Phi) is 4.74. The average Bonchev–Trinajstić information content (AvgIpc) is 3.14. The zero-order valence-corrected chi connectivity index (χ0v) is 13.6. The smallest absolute Gasteiger partial charge is 0.137 e. The van der Waals surface area contributed by atoms with Gasteiger partial charge in [0.1, 0.15) is 18.1 Å². The monoisotopic (exact) mass is 334 g/mol. The van der Waals surface area contributed by atoms with Gasteiger partial charge in [0, 0.05) is 5.02 Å². The van der Waals surface area contributed by atoms with E-state index in [4.69, 9.17) is 11.6 Å². The first-order valence-electron chi connectivity index (χ1n) is 7.46. The van der Waals surface area contributed by atoms with Crippen LogP contribution in [0.1, 0.15) is 11.1 Å². The van der Waals surface area contributed by atoms with Crippen molar-refractivity contribution < 1.29 is 0 Å². The Balaban J connectivity index is 2.00. The van der Waals surface area contributed by atoms with Crippen LogP contribution in [0.3, 0.4) is 0 Å². The van der Waals surface area contributed by atoms with E-state index in [0.29, 0.717) is 11.6 Å². The molecule has 0 aliphatic rings. The lowest BCUT2D eigenvalue weighted by Crippen LogP contribution is -2.28. The highest BCUT2D eigenvalue weighted by molar-refractivity contribution is 6.30. The molecular formula is C19H15ClN4. The molecule has 0 saturated heterocycles. The van der Waals surface area contributed by atoms with E-state index in [1.807, 2.05) is 66.7 Å². The fourth-order valence-corrected chi connectivity index (χ4v) is 2.62. The lowest BCUT2D eigenvalue weighted by Gasteiger charge is -2.23. The third-order valence-electron chi connectivity index (χ3n) is 3.80. The number of hydrogen-bond donors (Lipinski definition) is 0. The molecule has 2 aromatic carbocycles. The molecule has 1 atom stereocenters. The Bertz CT molecular complexity index is 849.